The lowest BCUT2D eigenvalue weighted by Crippen LogP contribution is -2.44. The molecule has 3 heterocycles. The molecule has 0 aromatic carbocycles. The van der Waals surface area contributed by atoms with Gasteiger partial charge in [0.25, 0.3) is 0 Å². The molecule has 1 atom stereocenters. The van der Waals surface area contributed by atoms with Gasteiger partial charge in [0.2, 0.25) is 0 Å². The number of nitrogens with one attached hydrogen (secondary N) is 1. The van der Waals surface area contributed by atoms with E-state index in [0.29, 0.717) is 19.8 Å². The third kappa shape index (κ3) is 2.18. The van der Waals surface area contributed by atoms with Crippen molar-refractivity contribution >= 4 is 18.0 Å². The van der Waals surface area contributed by atoms with Gasteiger partial charge in [-0.1, -0.05) is 0 Å². The minimum absolute atomic E-state index is 0.0236. The third-order valence-electron chi connectivity index (χ3n) is 3.83. The van der Waals surface area contributed by atoms with Crippen molar-refractivity contribution in [2.45, 2.75) is 37.8 Å². The Labute approximate surface area is 123 Å². The number of fused-ring (bicyclic) bond motifs is 1. The summed E-state index contributed by atoms with van der Waals surface area (Å²) in [7, 11) is 0. The van der Waals surface area contributed by atoms with Gasteiger partial charge in [0.1, 0.15) is 5.35 Å². The van der Waals surface area contributed by atoms with Gasteiger partial charge in [-0.3, -0.25) is 9.13 Å². The summed E-state index contributed by atoms with van der Waals surface area (Å²) in [6, 6.07) is 0.143. The van der Waals surface area contributed by atoms with Gasteiger partial charge in [-0.2, -0.15) is 0 Å². The van der Waals surface area contributed by atoms with Crippen molar-refractivity contribution in [3.63, 3.8) is 0 Å². The van der Waals surface area contributed by atoms with Crippen molar-refractivity contribution in [2.75, 3.05) is 19.5 Å². The van der Waals surface area contributed by atoms with Gasteiger partial charge in [-0.15, -0.1) is 11.8 Å². The zero-order valence-electron chi connectivity index (χ0n) is 12.8. The molecule has 1 aromatic heterocycles. The Morgan fingerprint density at radius 1 is 1.60 bits per heavy atom. The van der Waals surface area contributed by atoms with E-state index in [9.17, 15) is 4.79 Å². The highest BCUT2D eigenvalue weighted by Gasteiger charge is 2.23. The van der Waals surface area contributed by atoms with Gasteiger partial charge in [-0.25, -0.2) is 9.79 Å². The lowest BCUT2D eigenvalue weighted by Gasteiger charge is -2.23. The smallest absolute Gasteiger partial charge is 0.330 e. The summed E-state index contributed by atoms with van der Waals surface area (Å²) >= 11 is 1.49. The van der Waals surface area contributed by atoms with Crippen LogP contribution in [0.3, 0.4) is 0 Å². The second kappa shape index (κ2) is 5.65. The molecule has 2 aliphatic heterocycles. The maximum atomic E-state index is 12.7. The molecule has 1 fully saturated rings. The first kappa shape index (κ1) is 12.5. The van der Waals surface area contributed by atoms with E-state index in [0.717, 1.165) is 23.7 Å². The summed E-state index contributed by atoms with van der Waals surface area (Å²) in [5.74, 6) is 0. The first-order valence-corrected chi connectivity index (χ1v) is 8.24. The fourth-order valence-electron chi connectivity index (χ4n) is 2.79. The van der Waals surface area contributed by atoms with Gasteiger partial charge in [-0.05, 0) is 26.0 Å². The zero-order chi connectivity index (χ0) is 15.0. The molecular formula is C13H20N4O2S. The minimum Gasteiger partial charge on any atom is -0.381 e. The lowest BCUT2D eigenvalue weighted by molar-refractivity contribution is 0.0675. The summed E-state index contributed by atoms with van der Waals surface area (Å²) in [6.07, 6.45) is 5.31. The van der Waals surface area contributed by atoms with Crippen LogP contribution in [-0.2, 0) is 11.3 Å². The predicted octanol–water partition coefficient (Wildman–Crippen LogP) is -0.371. The average molecular weight is 297 g/mol. The molecule has 110 valence electrons. The Morgan fingerprint density at radius 2 is 2.35 bits per heavy atom. The van der Waals surface area contributed by atoms with Gasteiger partial charge >= 0.3 is 5.69 Å². The molecule has 7 heteroatoms. The molecule has 0 spiro atoms. The van der Waals surface area contributed by atoms with Crippen molar-refractivity contribution in [2.24, 2.45) is 4.99 Å². The Hall–Kier alpha value is -1.21. The fourth-order valence-corrected chi connectivity index (χ4v) is 3.18. The SMILES string of the molecule is [2H]N1C=c2c(n(C3CCOCC3)c(=O)n2CC)=NC1SC. The van der Waals surface area contributed by atoms with Crippen LogP contribution in [-0.4, -0.2) is 34.1 Å². The summed E-state index contributed by atoms with van der Waals surface area (Å²) in [4.78, 5) is 17.3. The molecule has 20 heavy (non-hydrogen) atoms. The Bertz CT molecular complexity index is 692. The van der Waals surface area contributed by atoms with E-state index < -0.39 is 0 Å². The standard InChI is InChI=1S/C13H20N4O2S/c1-3-16-10-8-14-12(20-2)15-11(10)17(13(16)18)9-4-6-19-7-5-9/h8-9,12,14H,3-7H2,1-2H3/i/hD. The van der Waals surface area contributed by atoms with E-state index in [1.54, 1.807) is 10.8 Å². The van der Waals surface area contributed by atoms with E-state index in [1.165, 1.54) is 17.1 Å². The van der Waals surface area contributed by atoms with E-state index >= 15 is 0 Å². The number of nitrogens with zero attached hydrogens (tertiary/aromatic N) is 3. The molecular weight excluding hydrogens is 276 g/mol. The minimum atomic E-state index is -0.296. The second-order valence-electron chi connectivity index (χ2n) is 4.92. The molecule has 1 unspecified atom stereocenters. The molecule has 2 aliphatic rings. The topological polar surface area (TPSA) is 60.6 Å². The van der Waals surface area contributed by atoms with Crippen LogP contribution < -0.4 is 21.8 Å². The van der Waals surface area contributed by atoms with Crippen molar-refractivity contribution in [1.29, 1.82) is 0 Å². The molecule has 0 bridgehead atoms. The van der Waals surface area contributed by atoms with Crippen LogP contribution in [0.15, 0.2) is 9.79 Å². The largest absolute Gasteiger partial charge is 0.381 e. The Morgan fingerprint density at radius 3 is 3.00 bits per heavy atom. The van der Waals surface area contributed by atoms with Gasteiger partial charge in [0.15, 0.2) is 12.4 Å². The first-order valence-electron chi connectivity index (χ1n) is 7.40. The fraction of sp³-hybridized carbons (Fsp3) is 0.692. The quantitative estimate of drug-likeness (QED) is 0.827. The summed E-state index contributed by atoms with van der Waals surface area (Å²) in [5.41, 5.74) is 0.400. The lowest BCUT2D eigenvalue weighted by atomic mass is 10.1. The van der Waals surface area contributed by atoms with Crippen molar-refractivity contribution in [1.82, 2.24) is 14.4 Å². The van der Waals surface area contributed by atoms with Crippen LogP contribution in [0.1, 0.15) is 25.8 Å². The van der Waals surface area contributed by atoms with Crippen LogP contribution in [0.5, 0.6) is 0 Å². The summed E-state index contributed by atoms with van der Waals surface area (Å²) in [6.45, 7) is 3.90. The molecule has 0 amide bonds. The van der Waals surface area contributed by atoms with Gasteiger partial charge in [0, 0.05) is 32.0 Å². The van der Waals surface area contributed by atoms with Crippen LogP contribution >= 0.6 is 11.8 Å². The van der Waals surface area contributed by atoms with Crippen LogP contribution in [0.25, 0.3) is 6.20 Å². The average Bonchev–Trinajstić information content (AvgIpc) is 2.77. The number of thioether (sulfide) groups is 1. The molecule has 1 N–H and O–H groups in total. The van der Waals surface area contributed by atoms with Crippen LogP contribution in [0.2, 0.25) is 1.41 Å². The monoisotopic (exact) mass is 297 g/mol. The van der Waals surface area contributed by atoms with E-state index in [1.807, 2.05) is 17.7 Å². The van der Waals surface area contributed by atoms with Gasteiger partial charge in [0.05, 0.1) is 0 Å². The molecule has 3 rings (SSSR count). The van der Waals surface area contributed by atoms with Crippen LogP contribution in [0.4, 0.5) is 0 Å². The number of ether oxygens (including phenoxy) is 1. The molecule has 6 nitrogen and oxygen atoms in total. The molecule has 1 saturated heterocycles. The predicted molar refractivity (Wildman–Crippen MR) is 79.1 cm³/mol. The molecule has 1 aromatic rings. The van der Waals surface area contributed by atoms with E-state index in [-0.39, 0.29) is 17.2 Å². The highest BCUT2D eigenvalue weighted by atomic mass is 32.2. The number of hydrogen-bond acceptors (Lipinski definition) is 5. The zero-order valence-corrected chi connectivity index (χ0v) is 12.6. The van der Waals surface area contributed by atoms with Crippen molar-refractivity contribution in [3.05, 3.63) is 21.3 Å². The van der Waals surface area contributed by atoms with Crippen molar-refractivity contribution in [3.8, 4) is 0 Å². The molecule has 0 aliphatic carbocycles. The third-order valence-corrected chi connectivity index (χ3v) is 4.47. The normalized spacial score (nSPS) is 23.8. The molecule has 0 saturated carbocycles. The summed E-state index contributed by atoms with van der Waals surface area (Å²) < 4.78 is 16.9. The first-order chi connectivity index (χ1) is 10.2. The van der Waals surface area contributed by atoms with E-state index in [4.69, 9.17) is 6.15 Å². The number of hydrogen-bond donors (Lipinski definition) is 1. The Balaban J connectivity index is 2.22. The number of rotatable bonds is 3. The summed E-state index contributed by atoms with van der Waals surface area (Å²) in [5, 5.41) is 2.06. The highest BCUT2D eigenvalue weighted by Crippen LogP contribution is 2.17. The second-order valence-corrected chi connectivity index (χ2v) is 5.81. The van der Waals surface area contributed by atoms with Crippen molar-refractivity contribution < 1.29 is 6.15 Å². The van der Waals surface area contributed by atoms with Crippen LogP contribution in [0, 0.1) is 0 Å². The van der Waals surface area contributed by atoms with E-state index in [2.05, 4.69) is 4.99 Å². The number of imidazole rings is 1. The maximum Gasteiger partial charge on any atom is 0.330 e. The van der Waals surface area contributed by atoms with Gasteiger partial charge < -0.3 is 10.0 Å². The molecule has 0 radical (unpaired) electrons. The highest BCUT2D eigenvalue weighted by molar-refractivity contribution is 7.99. The Kier molecular flexibility index (Phi) is 3.54. The maximum absolute atomic E-state index is 12.7. The number of aromatic nitrogens is 2.